The molecule has 116 valence electrons. The van der Waals surface area contributed by atoms with Crippen LogP contribution in [0.2, 0.25) is 0 Å². The lowest BCUT2D eigenvalue weighted by Gasteiger charge is -2.43. The summed E-state index contributed by atoms with van der Waals surface area (Å²) in [5.41, 5.74) is -0.0939. The Bertz CT molecular complexity index is 180. The maximum absolute atomic E-state index is 9.08. The molecule has 0 atom stereocenters. The summed E-state index contributed by atoms with van der Waals surface area (Å²) in [6.45, 7) is 1.44. The van der Waals surface area contributed by atoms with Crippen molar-refractivity contribution in [1.82, 2.24) is 4.90 Å². The maximum Gasteiger partial charge on any atom is 0.0443 e. The number of nitrogens with zero attached hydrogens (tertiary/aromatic N) is 1. The van der Waals surface area contributed by atoms with Gasteiger partial charge < -0.3 is 25.3 Å². The number of rotatable bonds is 13. The molecule has 5 heteroatoms. The minimum absolute atomic E-state index is 0.0939. The van der Waals surface area contributed by atoms with Crippen LogP contribution in [0.5, 0.6) is 0 Å². The van der Waals surface area contributed by atoms with Crippen molar-refractivity contribution in [3.8, 4) is 0 Å². The Morgan fingerprint density at radius 3 is 1.37 bits per heavy atom. The van der Waals surface area contributed by atoms with Crippen molar-refractivity contribution in [2.24, 2.45) is 0 Å². The van der Waals surface area contributed by atoms with Crippen LogP contribution in [-0.4, -0.2) is 70.9 Å². The van der Waals surface area contributed by atoms with Gasteiger partial charge in [0.25, 0.3) is 0 Å². The van der Waals surface area contributed by atoms with E-state index in [0.29, 0.717) is 0 Å². The SMILES string of the molecule is CN(CCCO)C(CCCO)(CCCO)CCCO. The number of hydrogen-bond donors (Lipinski definition) is 4. The van der Waals surface area contributed by atoms with Crippen molar-refractivity contribution in [2.45, 2.75) is 50.5 Å². The molecule has 0 unspecified atom stereocenters. The van der Waals surface area contributed by atoms with E-state index in [1.54, 1.807) is 0 Å². The van der Waals surface area contributed by atoms with Gasteiger partial charge in [0.15, 0.2) is 0 Å². The Morgan fingerprint density at radius 2 is 1.05 bits per heavy atom. The molecule has 0 rings (SSSR count). The van der Waals surface area contributed by atoms with Gasteiger partial charge in [-0.2, -0.15) is 0 Å². The summed E-state index contributed by atoms with van der Waals surface area (Å²) < 4.78 is 0. The molecule has 0 aliphatic carbocycles. The number of aliphatic hydroxyl groups is 4. The Balaban J connectivity index is 4.73. The summed E-state index contributed by atoms with van der Waals surface area (Å²) >= 11 is 0. The fraction of sp³-hybridized carbons (Fsp3) is 1.00. The smallest absolute Gasteiger partial charge is 0.0443 e. The highest BCUT2D eigenvalue weighted by atomic mass is 16.3. The molecular weight excluding hydrogens is 246 g/mol. The van der Waals surface area contributed by atoms with Gasteiger partial charge in [0.2, 0.25) is 0 Å². The molecule has 0 aliphatic heterocycles. The predicted octanol–water partition coefficient (Wildman–Crippen LogP) is 0.357. The standard InChI is InChI=1S/C14H31NO4/c1-15(9-5-13-19)14(6-2-10-16,7-3-11-17)8-4-12-18/h16-19H,2-13H2,1H3. The van der Waals surface area contributed by atoms with Gasteiger partial charge >= 0.3 is 0 Å². The molecule has 0 heterocycles. The van der Waals surface area contributed by atoms with Crippen LogP contribution in [0.3, 0.4) is 0 Å². The second-order valence-corrected chi connectivity index (χ2v) is 5.20. The Kier molecular flexibility index (Phi) is 11.5. The van der Waals surface area contributed by atoms with Gasteiger partial charge in [-0.15, -0.1) is 0 Å². The third kappa shape index (κ3) is 7.22. The van der Waals surface area contributed by atoms with E-state index >= 15 is 0 Å². The zero-order valence-corrected chi connectivity index (χ0v) is 12.2. The second-order valence-electron chi connectivity index (χ2n) is 5.20. The predicted molar refractivity (Wildman–Crippen MR) is 76.0 cm³/mol. The maximum atomic E-state index is 9.08. The van der Waals surface area contributed by atoms with Gasteiger partial charge in [0.05, 0.1) is 0 Å². The van der Waals surface area contributed by atoms with Gasteiger partial charge in [0.1, 0.15) is 0 Å². The van der Waals surface area contributed by atoms with Gasteiger partial charge in [-0.1, -0.05) is 0 Å². The lowest BCUT2D eigenvalue weighted by atomic mass is 9.82. The average molecular weight is 277 g/mol. The van der Waals surface area contributed by atoms with E-state index in [1.807, 2.05) is 7.05 Å². The molecule has 0 aliphatic rings. The van der Waals surface area contributed by atoms with Gasteiger partial charge in [0, 0.05) is 38.5 Å². The highest BCUT2D eigenvalue weighted by Crippen LogP contribution is 2.31. The lowest BCUT2D eigenvalue weighted by molar-refractivity contribution is 0.0587. The Hall–Kier alpha value is -0.200. The van der Waals surface area contributed by atoms with Crippen molar-refractivity contribution in [3.63, 3.8) is 0 Å². The number of hydrogen-bond acceptors (Lipinski definition) is 5. The molecule has 0 amide bonds. The monoisotopic (exact) mass is 277 g/mol. The Morgan fingerprint density at radius 1 is 0.684 bits per heavy atom. The molecule has 0 bridgehead atoms. The first-order valence-corrected chi connectivity index (χ1v) is 7.31. The molecule has 4 N–H and O–H groups in total. The van der Waals surface area contributed by atoms with Gasteiger partial charge in [-0.3, -0.25) is 0 Å². The molecule has 0 spiro atoms. The third-order valence-electron chi connectivity index (χ3n) is 3.86. The van der Waals surface area contributed by atoms with E-state index in [9.17, 15) is 0 Å². The summed E-state index contributed by atoms with van der Waals surface area (Å²) in [5.74, 6) is 0. The molecule has 0 saturated carbocycles. The normalized spacial score (nSPS) is 12.3. The van der Waals surface area contributed by atoms with E-state index < -0.39 is 0 Å². The van der Waals surface area contributed by atoms with Crippen molar-refractivity contribution >= 4 is 0 Å². The quantitative estimate of drug-likeness (QED) is 0.390. The molecular formula is C14H31NO4. The van der Waals surface area contributed by atoms with E-state index in [0.717, 1.165) is 51.5 Å². The van der Waals surface area contributed by atoms with Crippen LogP contribution in [-0.2, 0) is 0 Å². The van der Waals surface area contributed by atoms with Crippen molar-refractivity contribution in [3.05, 3.63) is 0 Å². The van der Waals surface area contributed by atoms with Crippen LogP contribution in [0.4, 0.5) is 0 Å². The summed E-state index contributed by atoms with van der Waals surface area (Å²) in [7, 11) is 2.03. The zero-order chi connectivity index (χ0) is 14.6. The average Bonchev–Trinajstić information content (AvgIpc) is 2.44. The molecule has 0 radical (unpaired) electrons. The summed E-state index contributed by atoms with van der Waals surface area (Å²) in [6, 6.07) is 0. The summed E-state index contributed by atoms with van der Waals surface area (Å²) in [6.07, 6.45) is 5.44. The summed E-state index contributed by atoms with van der Waals surface area (Å²) in [4.78, 5) is 2.23. The number of aliphatic hydroxyl groups excluding tert-OH is 4. The van der Waals surface area contributed by atoms with Crippen molar-refractivity contribution < 1.29 is 20.4 Å². The molecule has 0 aromatic rings. The molecule has 0 aromatic heterocycles. The van der Waals surface area contributed by atoms with E-state index in [1.165, 1.54) is 0 Å². The zero-order valence-electron chi connectivity index (χ0n) is 12.2. The first-order chi connectivity index (χ1) is 9.16. The first kappa shape index (κ1) is 18.8. The largest absolute Gasteiger partial charge is 0.396 e. The third-order valence-corrected chi connectivity index (χ3v) is 3.86. The molecule has 0 fully saturated rings. The molecule has 0 saturated heterocycles. The van der Waals surface area contributed by atoms with Crippen LogP contribution in [0.15, 0.2) is 0 Å². The minimum Gasteiger partial charge on any atom is -0.396 e. The summed E-state index contributed by atoms with van der Waals surface area (Å²) in [5, 5.41) is 36.2. The van der Waals surface area contributed by atoms with Crippen LogP contribution in [0.1, 0.15) is 44.9 Å². The highest BCUT2D eigenvalue weighted by molar-refractivity contribution is 4.89. The van der Waals surface area contributed by atoms with E-state index in [4.69, 9.17) is 20.4 Å². The Labute approximate surface area is 116 Å². The van der Waals surface area contributed by atoms with Crippen LogP contribution < -0.4 is 0 Å². The molecule has 5 nitrogen and oxygen atoms in total. The lowest BCUT2D eigenvalue weighted by Crippen LogP contribution is -2.47. The van der Waals surface area contributed by atoms with Crippen molar-refractivity contribution in [1.29, 1.82) is 0 Å². The highest BCUT2D eigenvalue weighted by Gasteiger charge is 2.32. The van der Waals surface area contributed by atoms with E-state index in [-0.39, 0.29) is 32.0 Å². The van der Waals surface area contributed by atoms with Gasteiger partial charge in [-0.25, -0.2) is 0 Å². The molecule has 19 heavy (non-hydrogen) atoms. The van der Waals surface area contributed by atoms with Gasteiger partial charge in [-0.05, 0) is 52.0 Å². The van der Waals surface area contributed by atoms with Crippen molar-refractivity contribution in [2.75, 3.05) is 40.0 Å². The van der Waals surface area contributed by atoms with Crippen LogP contribution >= 0.6 is 0 Å². The first-order valence-electron chi connectivity index (χ1n) is 7.31. The fourth-order valence-corrected chi connectivity index (χ4v) is 2.72. The second kappa shape index (κ2) is 11.6. The van der Waals surface area contributed by atoms with Crippen LogP contribution in [0.25, 0.3) is 0 Å². The van der Waals surface area contributed by atoms with Crippen LogP contribution in [0, 0.1) is 0 Å². The van der Waals surface area contributed by atoms with E-state index in [2.05, 4.69) is 4.90 Å². The fourth-order valence-electron chi connectivity index (χ4n) is 2.72. The topological polar surface area (TPSA) is 84.2 Å². The molecule has 0 aromatic carbocycles. The minimum atomic E-state index is -0.0939.